The van der Waals surface area contributed by atoms with Gasteiger partial charge in [0.15, 0.2) is 0 Å². The van der Waals surface area contributed by atoms with E-state index in [2.05, 4.69) is 24.8 Å². The van der Waals surface area contributed by atoms with E-state index in [9.17, 15) is 5.11 Å². The van der Waals surface area contributed by atoms with E-state index >= 15 is 4.39 Å². The highest BCUT2D eigenvalue weighted by Crippen LogP contribution is 2.41. The van der Waals surface area contributed by atoms with Gasteiger partial charge in [-0.25, -0.2) is 14.1 Å². The minimum Gasteiger partial charge on any atom is -0.384 e. The van der Waals surface area contributed by atoms with Crippen molar-refractivity contribution in [2.45, 2.75) is 45.3 Å². The Morgan fingerprint density at radius 2 is 1.92 bits per heavy atom. The van der Waals surface area contributed by atoms with Gasteiger partial charge >= 0.3 is 0 Å². The number of fused-ring (bicyclic) bond motifs is 3. The van der Waals surface area contributed by atoms with Crippen LogP contribution in [0, 0.1) is 18.7 Å². The summed E-state index contributed by atoms with van der Waals surface area (Å²) in [6, 6.07) is 8.48. The molecule has 1 aliphatic heterocycles. The molecule has 0 saturated carbocycles. The first-order chi connectivity index (χ1) is 18.2. The lowest BCUT2D eigenvalue weighted by Crippen LogP contribution is -2.28. The van der Waals surface area contributed by atoms with E-state index in [0.717, 1.165) is 46.2 Å². The molecule has 0 amide bonds. The molecule has 5 aromatic rings. The van der Waals surface area contributed by atoms with Crippen molar-refractivity contribution >= 4 is 21.9 Å². The van der Waals surface area contributed by atoms with Crippen LogP contribution in [0.2, 0.25) is 0 Å². The number of aliphatic hydroxyl groups is 1. The monoisotopic (exact) mass is 515 g/mol. The molecule has 1 fully saturated rings. The van der Waals surface area contributed by atoms with Crippen LogP contribution in [-0.2, 0) is 17.4 Å². The molecule has 1 saturated heterocycles. The lowest BCUT2D eigenvalue weighted by molar-refractivity contribution is 0.0542. The van der Waals surface area contributed by atoms with Crippen molar-refractivity contribution in [1.29, 1.82) is 0 Å². The second-order valence-corrected chi connectivity index (χ2v) is 10.5. The van der Waals surface area contributed by atoms with Gasteiger partial charge in [-0.3, -0.25) is 9.97 Å². The summed E-state index contributed by atoms with van der Waals surface area (Å²) >= 11 is 0. The molecule has 0 radical (unpaired) electrons. The fourth-order valence-corrected chi connectivity index (χ4v) is 5.57. The number of rotatable bonds is 5. The maximum Gasteiger partial charge on any atom is 0.146 e. The van der Waals surface area contributed by atoms with Gasteiger partial charge in [0.2, 0.25) is 0 Å². The van der Waals surface area contributed by atoms with Gasteiger partial charge in [0.25, 0.3) is 0 Å². The molecule has 1 N–H and O–H groups in total. The molecule has 0 aromatic carbocycles. The number of aromatic nitrogens is 7. The molecule has 10 heteroatoms. The van der Waals surface area contributed by atoms with E-state index < -0.39 is 11.6 Å². The molecule has 9 nitrogen and oxygen atoms in total. The first kappa shape index (κ1) is 24.6. The molecule has 6 rings (SSSR count). The number of nitrogens with zero attached hydrogens (tertiary/aromatic N) is 7. The van der Waals surface area contributed by atoms with Crippen molar-refractivity contribution in [2.75, 3.05) is 13.2 Å². The van der Waals surface area contributed by atoms with Crippen molar-refractivity contribution in [1.82, 2.24) is 34.5 Å². The predicted molar refractivity (Wildman–Crippen MR) is 141 cm³/mol. The number of aryl methyl sites for hydroxylation is 2. The van der Waals surface area contributed by atoms with Crippen LogP contribution in [-0.4, -0.2) is 52.8 Å². The third-order valence-electron chi connectivity index (χ3n) is 7.46. The highest BCUT2D eigenvalue weighted by molar-refractivity contribution is 6.07. The SMILES string of the molecule is Cc1nnn(C)c1-c1ccc2c3cnc(C(C)(C)O)cc3n(C(c3ncccc3F)C3CCOCC3)c2n1. The van der Waals surface area contributed by atoms with Crippen LogP contribution in [0.25, 0.3) is 33.3 Å². The molecular weight excluding hydrogens is 485 g/mol. The second kappa shape index (κ2) is 9.21. The van der Waals surface area contributed by atoms with Crippen LogP contribution < -0.4 is 0 Å². The van der Waals surface area contributed by atoms with Crippen LogP contribution in [0.15, 0.2) is 42.7 Å². The first-order valence-electron chi connectivity index (χ1n) is 12.8. The second-order valence-electron chi connectivity index (χ2n) is 10.5. The highest BCUT2D eigenvalue weighted by atomic mass is 19.1. The molecule has 1 aliphatic rings. The predicted octanol–water partition coefficient (Wildman–Crippen LogP) is 4.47. The Labute approximate surface area is 219 Å². The van der Waals surface area contributed by atoms with Crippen LogP contribution >= 0.6 is 0 Å². The lowest BCUT2D eigenvalue weighted by atomic mass is 9.88. The zero-order valence-electron chi connectivity index (χ0n) is 21.9. The summed E-state index contributed by atoms with van der Waals surface area (Å²) in [6.45, 7) is 6.51. The Hall–Kier alpha value is -3.76. The van der Waals surface area contributed by atoms with E-state index in [1.807, 2.05) is 32.2 Å². The summed E-state index contributed by atoms with van der Waals surface area (Å²) in [7, 11) is 1.84. The number of pyridine rings is 3. The average Bonchev–Trinajstić information content (AvgIpc) is 3.41. The number of ether oxygens (including phenoxy) is 1. The standard InChI is InChI=1S/C28H30FN7O2/c1-16-25(35(4)34-33-16)21-8-7-18-19-15-31-23(28(2,3)37)14-22(19)36(27(18)32-21)26(17-9-12-38-13-10-17)24-20(29)6-5-11-30-24/h5-8,11,14-15,17,26,37H,9-10,12-13H2,1-4H3. The number of hydrogen-bond acceptors (Lipinski definition) is 7. The van der Waals surface area contributed by atoms with E-state index in [1.165, 1.54) is 6.07 Å². The minimum atomic E-state index is -1.16. The summed E-state index contributed by atoms with van der Waals surface area (Å²) in [4.78, 5) is 14.3. The molecule has 0 aliphatic carbocycles. The lowest BCUT2D eigenvalue weighted by Gasteiger charge is -2.32. The first-order valence-corrected chi connectivity index (χ1v) is 12.8. The van der Waals surface area contributed by atoms with E-state index in [1.54, 1.807) is 37.0 Å². The average molecular weight is 516 g/mol. The molecule has 0 spiro atoms. The maximum atomic E-state index is 15.5. The Kier molecular flexibility index (Phi) is 5.96. The third kappa shape index (κ3) is 4.04. The van der Waals surface area contributed by atoms with Gasteiger partial charge in [-0.1, -0.05) is 5.21 Å². The minimum absolute atomic E-state index is 0.0660. The van der Waals surface area contributed by atoms with Gasteiger partial charge in [-0.15, -0.1) is 5.10 Å². The zero-order valence-corrected chi connectivity index (χ0v) is 21.9. The Balaban J connectivity index is 1.71. The van der Waals surface area contributed by atoms with Crippen LogP contribution in [0.1, 0.15) is 49.8 Å². The molecule has 5 aromatic heterocycles. The summed E-state index contributed by atoms with van der Waals surface area (Å²) in [5, 5.41) is 20.9. The van der Waals surface area contributed by atoms with Crippen molar-refractivity contribution in [2.24, 2.45) is 13.0 Å². The fourth-order valence-electron chi connectivity index (χ4n) is 5.57. The smallest absolute Gasteiger partial charge is 0.146 e. The Morgan fingerprint density at radius 1 is 1.13 bits per heavy atom. The third-order valence-corrected chi connectivity index (χ3v) is 7.46. The van der Waals surface area contributed by atoms with Crippen molar-refractivity contribution < 1.29 is 14.2 Å². The summed E-state index contributed by atoms with van der Waals surface area (Å²) in [5.41, 5.74) is 3.53. The van der Waals surface area contributed by atoms with Gasteiger partial charge in [0.05, 0.1) is 34.3 Å². The molecule has 38 heavy (non-hydrogen) atoms. The van der Waals surface area contributed by atoms with Gasteiger partial charge in [0.1, 0.15) is 22.8 Å². The Morgan fingerprint density at radius 3 is 2.61 bits per heavy atom. The molecule has 196 valence electrons. The molecule has 0 bridgehead atoms. The quantitative estimate of drug-likeness (QED) is 0.368. The largest absolute Gasteiger partial charge is 0.384 e. The normalized spacial score (nSPS) is 15.9. The Bertz CT molecular complexity index is 1630. The number of hydrogen-bond donors (Lipinski definition) is 1. The highest BCUT2D eigenvalue weighted by Gasteiger charge is 2.34. The van der Waals surface area contributed by atoms with Gasteiger partial charge in [-0.2, -0.15) is 0 Å². The van der Waals surface area contributed by atoms with E-state index in [0.29, 0.717) is 30.2 Å². The van der Waals surface area contributed by atoms with Gasteiger partial charge < -0.3 is 14.4 Å². The topological polar surface area (TPSA) is 104 Å². The van der Waals surface area contributed by atoms with Crippen LogP contribution in [0.3, 0.4) is 0 Å². The maximum absolute atomic E-state index is 15.5. The van der Waals surface area contributed by atoms with E-state index in [-0.39, 0.29) is 11.7 Å². The summed E-state index contributed by atoms with van der Waals surface area (Å²) < 4.78 is 24.9. The van der Waals surface area contributed by atoms with Crippen LogP contribution in [0.5, 0.6) is 0 Å². The fraction of sp³-hybridized carbons (Fsp3) is 0.393. The van der Waals surface area contributed by atoms with Crippen LogP contribution in [0.4, 0.5) is 4.39 Å². The molecule has 1 unspecified atom stereocenters. The number of halogens is 1. The van der Waals surface area contributed by atoms with Gasteiger partial charge in [0, 0.05) is 43.4 Å². The van der Waals surface area contributed by atoms with Crippen molar-refractivity contribution in [3.05, 3.63) is 65.6 Å². The van der Waals surface area contributed by atoms with Crippen molar-refractivity contribution in [3.63, 3.8) is 0 Å². The molecule has 1 atom stereocenters. The molecule has 6 heterocycles. The summed E-state index contributed by atoms with van der Waals surface area (Å²) in [6.07, 6.45) is 4.92. The van der Waals surface area contributed by atoms with E-state index in [4.69, 9.17) is 9.72 Å². The zero-order chi connectivity index (χ0) is 26.6. The summed E-state index contributed by atoms with van der Waals surface area (Å²) in [5.74, 6) is -0.296. The molecular formula is C28H30FN7O2. The van der Waals surface area contributed by atoms with Gasteiger partial charge in [-0.05, 0) is 69.9 Å². The van der Waals surface area contributed by atoms with Crippen molar-refractivity contribution in [3.8, 4) is 11.4 Å².